The molecule has 0 atom stereocenters. The van der Waals surface area contributed by atoms with E-state index in [0.717, 1.165) is 74.5 Å². The van der Waals surface area contributed by atoms with Gasteiger partial charge in [0.05, 0.1) is 28.6 Å². The zero-order valence-electron chi connectivity index (χ0n) is 24.7. The molecule has 3 heterocycles. The van der Waals surface area contributed by atoms with Crippen LogP contribution in [0, 0.1) is 0 Å². The zero-order chi connectivity index (χ0) is 29.3. The summed E-state index contributed by atoms with van der Waals surface area (Å²) in [7, 11) is 2.52. The predicted molar refractivity (Wildman–Crippen MR) is 169 cm³/mol. The molecule has 3 aliphatic rings. The lowest BCUT2D eigenvalue weighted by Crippen LogP contribution is -2.41. The number of ether oxygens (including phenoxy) is 1. The van der Waals surface area contributed by atoms with Crippen molar-refractivity contribution >= 4 is 44.5 Å². The number of nitrogens with zero attached hydrogens (tertiary/aromatic N) is 4. The summed E-state index contributed by atoms with van der Waals surface area (Å²) in [5.41, 5.74) is 3.38. The summed E-state index contributed by atoms with van der Waals surface area (Å²) in [4.78, 5) is 14.6. The van der Waals surface area contributed by atoms with Crippen molar-refractivity contribution in [3.8, 4) is 5.75 Å². The van der Waals surface area contributed by atoms with E-state index in [4.69, 9.17) is 14.7 Å². The van der Waals surface area contributed by atoms with Gasteiger partial charge >= 0.3 is 0 Å². The van der Waals surface area contributed by atoms with Crippen molar-refractivity contribution in [2.45, 2.75) is 61.1 Å². The first-order chi connectivity index (χ1) is 20.3. The molecule has 2 aliphatic heterocycles. The van der Waals surface area contributed by atoms with Gasteiger partial charge in [0.15, 0.2) is 9.84 Å². The molecule has 0 unspecified atom stereocenters. The van der Waals surface area contributed by atoms with Crippen LogP contribution in [-0.4, -0.2) is 75.4 Å². The second-order valence-electron chi connectivity index (χ2n) is 11.7. The molecule has 1 aromatic heterocycles. The van der Waals surface area contributed by atoms with Crippen molar-refractivity contribution in [3.05, 3.63) is 48.0 Å². The van der Waals surface area contributed by atoms with Crippen LogP contribution < -0.4 is 25.6 Å². The summed E-state index contributed by atoms with van der Waals surface area (Å²) in [6.07, 6.45) is 6.35. The van der Waals surface area contributed by atoms with E-state index in [1.807, 2.05) is 18.2 Å². The summed E-state index contributed by atoms with van der Waals surface area (Å²) in [5.74, 6) is 2.45. The van der Waals surface area contributed by atoms with Gasteiger partial charge in [0.2, 0.25) is 5.95 Å². The minimum absolute atomic E-state index is 0.328. The quantitative estimate of drug-likeness (QED) is 0.308. The Hall–Kier alpha value is -3.57. The molecule has 0 amide bonds. The fourth-order valence-corrected chi connectivity index (χ4v) is 8.40. The molecule has 3 N–H and O–H groups in total. The van der Waals surface area contributed by atoms with E-state index in [9.17, 15) is 8.42 Å². The number of hydrogen-bond acceptors (Lipinski definition) is 10. The molecular formula is C31H41N7O3S. The van der Waals surface area contributed by atoms with Crippen LogP contribution in [-0.2, 0) is 16.3 Å². The van der Waals surface area contributed by atoms with Gasteiger partial charge in [-0.1, -0.05) is 25.0 Å². The first-order valence-electron chi connectivity index (χ1n) is 14.9. The molecule has 0 spiro atoms. The molecule has 11 heteroatoms. The highest BCUT2D eigenvalue weighted by atomic mass is 32.2. The number of rotatable bonds is 9. The van der Waals surface area contributed by atoms with Crippen LogP contribution in [0.4, 0.5) is 34.6 Å². The topological polar surface area (TPSA) is 112 Å². The molecule has 3 aromatic rings. The minimum Gasteiger partial charge on any atom is -0.494 e. The van der Waals surface area contributed by atoms with E-state index in [1.165, 1.54) is 0 Å². The number of aromatic nitrogens is 2. The standard InChI is InChI=1S/C31H41N7O3S/c1-37(2)21-15-18-38(19-16-21)22-12-13-25(27(20-22)41-3)34-31-35-29-24(14-17-32-29)30(36-31)33-26-10-6-7-11-28(26)42(39,40)23-8-4-5-9-23/h6-7,10-13,20-21,23H,4-5,8-9,14-19H2,1-3H3,(H3,32,33,34,35,36). The number of methoxy groups -OCH3 is 1. The number of sulfone groups is 1. The Kier molecular flexibility index (Phi) is 8.13. The molecule has 224 valence electrons. The van der Waals surface area contributed by atoms with Crippen molar-refractivity contribution in [2.24, 2.45) is 0 Å². The Morgan fingerprint density at radius 1 is 0.976 bits per heavy atom. The maximum atomic E-state index is 13.5. The molecule has 2 fully saturated rings. The monoisotopic (exact) mass is 591 g/mol. The molecule has 42 heavy (non-hydrogen) atoms. The summed E-state index contributed by atoms with van der Waals surface area (Å²) in [6, 6.07) is 13.9. The third kappa shape index (κ3) is 5.72. The van der Waals surface area contributed by atoms with Crippen molar-refractivity contribution in [2.75, 3.05) is 61.7 Å². The fourth-order valence-electron chi connectivity index (χ4n) is 6.40. The highest BCUT2D eigenvalue weighted by Crippen LogP contribution is 2.38. The number of benzene rings is 2. The summed E-state index contributed by atoms with van der Waals surface area (Å²) in [5, 5.41) is 9.73. The Balaban J connectivity index is 1.26. The number of nitrogens with one attached hydrogen (secondary N) is 3. The van der Waals surface area contributed by atoms with E-state index in [0.29, 0.717) is 47.0 Å². The van der Waals surface area contributed by atoms with E-state index in [-0.39, 0.29) is 5.25 Å². The van der Waals surface area contributed by atoms with Crippen molar-refractivity contribution in [1.82, 2.24) is 14.9 Å². The van der Waals surface area contributed by atoms with Crippen LogP contribution >= 0.6 is 0 Å². The maximum Gasteiger partial charge on any atom is 0.231 e. The van der Waals surface area contributed by atoms with Gasteiger partial charge in [0, 0.05) is 43.0 Å². The lowest BCUT2D eigenvalue weighted by Gasteiger charge is -2.36. The molecule has 10 nitrogen and oxygen atoms in total. The van der Waals surface area contributed by atoms with Crippen LogP contribution in [0.5, 0.6) is 5.75 Å². The maximum absolute atomic E-state index is 13.5. The number of fused-ring (bicyclic) bond motifs is 1. The van der Waals surface area contributed by atoms with Gasteiger partial charge in [-0.05, 0) is 70.5 Å². The third-order valence-electron chi connectivity index (χ3n) is 8.85. The second-order valence-corrected chi connectivity index (χ2v) is 13.9. The van der Waals surface area contributed by atoms with Gasteiger partial charge in [-0.25, -0.2) is 8.42 Å². The predicted octanol–water partition coefficient (Wildman–Crippen LogP) is 5.19. The molecular weight excluding hydrogens is 550 g/mol. The molecule has 0 bridgehead atoms. The normalized spacial score (nSPS) is 17.8. The van der Waals surface area contributed by atoms with Gasteiger partial charge in [0.25, 0.3) is 0 Å². The zero-order valence-corrected chi connectivity index (χ0v) is 25.5. The van der Waals surface area contributed by atoms with Gasteiger partial charge in [-0.2, -0.15) is 9.97 Å². The minimum atomic E-state index is -3.45. The Morgan fingerprint density at radius 3 is 2.48 bits per heavy atom. The van der Waals surface area contributed by atoms with Crippen molar-refractivity contribution in [1.29, 1.82) is 0 Å². The molecule has 0 radical (unpaired) electrons. The Morgan fingerprint density at radius 2 is 1.74 bits per heavy atom. The van der Waals surface area contributed by atoms with Crippen LogP contribution in [0.1, 0.15) is 44.1 Å². The fraction of sp³-hybridized carbons (Fsp3) is 0.484. The van der Waals surface area contributed by atoms with Gasteiger partial charge in [-0.3, -0.25) is 0 Å². The summed E-state index contributed by atoms with van der Waals surface area (Å²) >= 11 is 0. The number of hydrogen-bond donors (Lipinski definition) is 3. The lowest BCUT2D eigenvalue weighted by atomic mass is 10.0. The highest BCUT2D eigenvalue weighted by molar-refractivity contribution is 7.92. The molecule has 1 saturated carbocycles. The van der Waals surface area contributed by atoms with Gasteiger partial charge in [0.1, 0.15) is 17.4 Å². The van der Waals surface area contributed by atoms with E-state index >= 15 is 0 Å². The highest BCUT2D eigenvalue weighted by Gasteiger charge is 2.32. The first-order valence-corrected chi connectivity index (χ1v) is 16.5. The smallest absolute Gasteiger partial charge is 0.231 e. The molecule has 1 saturated heterocycles. The number of anilines is 6. The third-order valence-corrected chi connectivity index (χ3v) is 11.2. The van der Waals surface area contributed by atoms with Crippen molar-refractivity contribution in [3.63, 3.8) is 0 Å². The van der Waals surface area contributed by atoms with Crippen LogP contribution in [0.15, 0.2) is 47.4 Å². The van der Waals surface area contributed by atoms with Crippen LogP contribution in [0.25, 0.3) is 0 Å². The van der Waals surface area contributed by atoms with Gasteiger partial charge in [-0.15, -0.1) is 0 Å². The average Bonchev–Trinajstić information content (AvgIpc) is 3.71. The number of piperidine rings is 1. The van der Waals surface area contributed by atoms with Crippen LogP contribution in [0.2, 0.25) is 0 Å². The second kappa shape index (κ2) is 12.0. The Bertz CT molecular complexity index is 1530. The van der Waals surface area contributed by atoms with E-state index in [1.54, 1.807) is 19.2 Å². The first kappa shape index (κ1) is 28.5. The molecule has 6 rings (SSSR count). The van der Waals surface area contributed by atoms with E-state index < -0.39 is 9.84 Å². The number of para-hydroxylation sites is 1. The lowest BCUT2D eigenvalue weighted by molar-refractivity contribution is 0.249. The SMILES string of the molecule is COc1cc(N2CCC(N(C)C)CC2)ccc1Nc1nc2c(c(Nc3ccccc3S(=O)(=O)C3CCCC3)n1)CCN2. The molecule has 2 aromatic carbocycles. The largest absolute Gasteiger partial charge is 0.494 e. The Labute approximate surface area is 248 Å². The summed E-state index contributed by atoms with van der Waals surface area (Å²) < 4.78 is 32.8. The average molecular weight is 592 g/mol. The van der Waals surface area contributed by atoms with Gasteiger partial charge < -0.3 is 30.5 Å². The van der Waals surface area contributed by atoms with Crippen LogP contribution in [0.3, 0.4) is 0 Å². The summed E-state index contributed by atoms with van der Waals surface area (Å²) in [6.45, 7) is 2.75. The van der Waals surface area contributed by atoms with Crippen molar-refractivity contribution < 1.29 is 13.2 Å². The van der Waals surface area contributed by atoms with E-state index in [2.05, 4.69) is 52.0 Å². The molecule has 1 aliphatic carbocycles.